The van der Waals surface area contributed by atoms with Crippen LogP contribution < -0.4 is 10.6 Å². The van der Waals surface area contributed by atoms with Gasteiger partial charge in [0.2, 0.25) is 5.95 Å². The number of aromatic nitrogens is 3. The topological polar surface area (TPSA) is 62.7 Å². The second-order valence-electron chi connectivity index (χ2n) is 5.00. The molecule has 0 spiro atoms. The molecule has 0 radical (unpaired) electrons. The molecule has 0 atom stereocenters. The van der Waals surface area contributed by atoms with Gasteiger partial charge in [0.1, 0.15) is 0 Å². The number of nitrogens with zero attached hydrogens (tertiary/aromatic N) is 3. The minimum atomic E-state index is 0.501. The quantitative estimate of drug-likeness (QED) is 0.753. The van der Waals surface area contributed by atoms with Crippen LogP contribution in [0, 0.1) is 6.92 Å². The Morgan fingerprint density at radius 2 is 1.73 bits per heavy atom. The number of hydrogen-bond donors (Lipinski definition) is 2. The molecule has 0 aliphatic heterocycles. The van der Waals surface area contributed by atoms with Crippen LogP contribution in [0.2, 0.25) is 0 Å². The van der Waals surface area contributed by atoms with Crippen molar-refractivity contribution in [2.75, 3.05) is 10.6 Å². The molecule has 3 aromatic rings. The summed E-state index contributed by atoms with van der Waals surface area (Å²) in [5.41, 5.74) is 3.36. The van der Waals surface area contributed by atoms with Crippen LogP contribution in [0.15, 0.2) is 60.8 Å². The first-order valence-electron chi connectivity index (χ1n) is 7.11. The van der Waals surface area contributed by atoms with Gasteiger partial charge in [-0.3, -0.25) is 0 Å². The van der Waals surface area contributed by atoms with Gasteiger partial charge in [0.25, 0.3) is 0 Å². The number of hydrogen-bond acceptors (Lipinski definition) is 5. The fourth-order valence-corrected chi connectivity index (χ4v) is 2.00. The molecule has 3 rings (SSSR count). The van der Waals surface area contributed by atoms with Crippen LogP contribution >= 0.6 is 0 Å². The Bertz CT molecular complexity index is 726. The van der Waals surface area contributed by atoms with Gasteiger partial charge >= 0.3 is 0 Å². The largest absolute Gasteiger partial charge is 0.349 e. The molecule has 110 valence electrons. The van der Waals surface area contributed by atoms with E-state index in [1.807, 2.05) is 42.5 Å². The van der Waals surface area contributed by atoms with Crippen LogP contribution in [0.1, 0.15) is 11.1 Å². The van der Waals surface area contributed by atoms with E-state index in [0.29, 0.717) is 18.3 Å². The van der Waals surface area contributed by atoms with Gasteiger partial charge in [0.05, 0.1) is 6.20 Å². The Morgan fingerprint density at radius 1 is 0.955 bits per heavy atom. The monoisotopic (exact) mass is 291 g/mol. The van der Waals surface area contributed by atoms with Gasteiger partial charge in [-0.2, -0.15) is 10.1 Å². The molecule has 1 heterocycles. The molecule has 0 saturated heterocycles. The molecule has 0 fully saturated rings. The third-order valence-electron chi connectivity index (χ3n) is 3.18. The van der Waals surface area contributed by atoms with Crippen molar-refractivity contribution in [2.45, 2.75) is 13.5 Å². The Kier molecular flexibility index (Phi) is 4.25. The summed E-state index contributed by atoms with van der Waals surface area (Å²) in [6.45, 7) is 2.72. The van der Waals surface area contributed by atoms with Gasteiger partial charge in [-0.1, -0.05) is 48.0 Å². The van der Waals surface area contributed by atoms with E-state index in [-0.39, 0.29) is 0 Å². The normalized spacial score (nSPS) is 10.2. The fourth-order valence-electron chi connectivity index (χ4n) is 2.00. The van der Waals surface area contributed by atoms with Crippen molar-refractivity contribution in [1.82, 2.24) is 15.2 Å². The van der Waals surface area contributed by atoms with Crippen molar-refractivity contribution < 1.29 is 0 Å². The molecule has 0 amide bonds. The molecule has 0 unspecified atom stereocenters. The molecular weight excluding hydrogens is 274 g/mol. The number of nitrogens with one attached hydrogen (secondary N) is 2. The molecule has 5 heteroatoms. The van der Waals surface area contributed by atoms with Gasteiger partial charge in [-0.05, 0) is 24.6 Å². The van der Waals surface area contributed by atoms with Gasteiger partial charge < -0.3 is 10.6 Å². The smallest absolute Gasteiger partial charge is 0.244 e. The van der Waals surface area contributed by atoms with E-state index in [1.165, 1.54) is 11.1 Å². The minimum absolute atomic E-state index is 0.501. The number of benzene rings is 2. The zero-order valence-electron chi connectivity index (χ0n) is 12.3. The number of anilines is 3. The zero-order chi connectivity index (χ0) is 15.2. The molecule has 0 aliphatic carbocycles. The van der Waals surface area contributed by atoms with Gasteiger partial charge in [-0.25, -0.2) is 0 Å². The van der Waals surface area contributed by atoms with E-state index in [9.17, 15) is 0 Å². The van der Waals surface area contributed by atoms with Crippen molar-refractivity contribution >= 4 is 17.5 Å². The second kappa shape index (κ2) is 6.67. The highest BCUT2D eigenvalue weighted by Gasteiger charge is 2.01. The molecular formula is C17H17N5. The lowest BCUT2D eigenvalue weighted by atomic mass is 10.2. The molecule has 0 bridgehead atoms. The van der Waals surface area contributed by atoms with Crippen LogP contribution in [0.3, 0.4) is 0 Å². The van der Waals surface area contributed by atoms with Crippen LogP contribution in [-0.4, -0.2) is 15.2 Å². The fraction of sp³-hybridized carbons (Fsp3) is 0.118. The van der Waals surface area contributed by atoms with Gasteiger partial charge in [0, 0.05) is 12.2 Å². The predicted octanol–water partition coefficient (Wildman–Crippen LogP) is 3.54. The lowest BCUT2D eigenvalue weighted by Gasteiger charge is -2.08. The maximum absolute atomic E-state index is 4.41. The molecule has 22 heavy (non-hydrogen) atoms. The lowest BCUT2D eigenvalue weighted by Crippen LogP contribution is -2.06. The Balaban J connectivity index is 1.66. The maximum Gasteiger partial charge on any atom is 0.244 e. The van der Waals surface area contributed by atoms with Crippen molar-refractivity contribution in [3.63, 3.8) is 0 Å². The van der Waals surface area contributed by atoms with E-state index in [4.69, 9.17) is 0 Å². The number of aryl methyl sites for hydroxylation is 1. The molecule has 5 nitrogen and oxygen atoms in total. The van der Waals surface area contributed by atoms with Crippen LogP contribution in [0.4, 0.5) is 17.5 Å². The maximum atomic E-state index is 4.41. The van der Waals surface area contributed by atoms with Crippen LogP contribution in [-0.2, 0) is 6.54 Å². The summed E-state index contributed by atoms with van der Waals surface area (Å²) in [6.07, 6.45) is 1.60. The highest BCUT2D eigenvalue weighted by Crippen LogP contribution is 2.15. The summed E-state index contributed by atoms with van der Waals surface area (Å²) < 4.78 is 0. The average molecular weight is 291 g/mol. The van der Waals surface area contributed by atoms with Crippen molar-refractivity contribution in [1.29, 1.82) is 0 Å². The summed E-state index contributed by atoms with van der Waals surface area (Å²) >= 11 is 0. The van der Waals surface area contributed by atoms with Gasteiger partial charge in [-0.15, -0.1) is 5.10 Å². The summed E-state index contributed by atoms with van der Waals surface area (Å²) in [7, 11) is 0. The summed E-state index contributed by atoms with van der Waals surface area (Å²) in [5, 5.41) is 14.4. The van der Waals surface area contributed by atoms with Crippen molar-refractivity contribution in [3.05, 3.63) is 71.9 Å². The summed E-state index contributed by atoms with van der Waals surface area (Å²) in [5.74, 6) is 1.16. The van der Waals surface area contributed by atoms with Crippen LogP contribution in [0.25, 0.3) is 0 Å². The lowest BCUT2D eigenvalue weighted by molar-refractivity contribution is 0.949. The summed E-state index contributed by atoms with van der Waals surface area (Å²) in [6, 6.07) is 18.2. The van der Waals surface area contributed by atoms with E-state index in [0.717, 1.165) is 5.69 Å². The van der Waals surface area contributed by atoms with Crippen molar-refractivity contribution in [2.24, 2.45) is 0 Å². The minimum Gasteiger partial charge on any atom is -0.349 e. The SMILES string of the molecule is Cc1ccc(Nc2cnnc(NCc3ccccc3)n2)cc1. The Labute approximate surface area is 129 Å². The van der Waals surface area contributed by atoms with E-state index < -0.39 is 0 Å². The standard InChI is InChI=1S/C17H17N5/c1-13-7-9-15(10-8-13)20-16-12-19-22-17(21-16)18-11-14-5-3-2-4-6-14/h2-10,12H,11H2,1H3,(H2,18,20,21,22). The van der Waals surface area contributed by atoms with E-state index in [2.05, 4.69) is 44.9 Å². The number of rotatable bonds is 5. The predicted molar refractivity (Wildman–Crippen MR) is 88.1 cm³/mol. The second-order valence-corrected chi connectivity index (χ2v) is 5.00. The average Bonchev–Trinajstić information content (AvgIpc) is 2.57. The molecule has 2 N–H and O–H groups in total. The Hall–Kier alpha value is -2.95. The first-order valence-corrected chi connectivity index (χ1v) is 7.11. The van der Waals surface area contributed by atoms with Crippen molar-refractivity contribution in [3.8, 4) is 0 Å². The third kappa shape index (κ3) is 3.79. The molecule has 2 aromatic carbocycles. The third-order valence-corrected chi connectivity index (χ3v) is 3.18. The first-order chi connectivity index (χ1) is 10.8. The first kappa shape index (κ1) is 14.0. The highest BCUT2D eigenvalue weighted by molar-refractivity contribution is 5.56. The molecule has 0 saturated carbocycles. The van der Waals surface area contributed by atoms with E-state index >= 15 is 0 Å². The van der Waals surface area contributed by atoms with Crippen LogP contribution in [0.5, 0.6) is 0 Å². The zero-order valence-corrected chi connectivity index (χ0v) is 12.3. The van der Waals surface area contributed by atoms with Gasteiger partial charge in [0.15, 0.2) is 5.82 Å². The highest BCUT2D eigenvalue weighted by atomic mass is 15.3. The molecule has 0 aliphatic rings. The van der Waals surface area contributed by atoms with E-state index in [1.54, 1.807) is 6.20 Å². The molecule has 1 aromatic heterocycles. The Morgan fingerprint density at radius 3 is 2.50 bits per heavy atom. The summed E-state index contributed by atoms with van der Waals surface area (Å²) in [4.78, 5) is 4.41.